The Morgan fingerprint density at radius 3 is 2.47 bits per heavy atom. The molecule has 0 bridgehead atoms. The van der Waals surface area contributed by atoms with Crippen LogP contribution in [0.4, 0.5) is 0 Å². The van der Waals surface area contributed by atoms with Gasteiger partial charge in [-0.1, -0.05) is 20.8 Å². The Kier molecular flexibility index (Phi) is 3.51. The lowest BCUT2D eigenvalue weighted by molar-refractivity contribution is -0.121. The molecule has 0 spiro atoms. The van der Waals surface area contributed by atoms with Crippen LogP contribution in [0.25, 0.3) is 6.08 Å². The van der Waals surface area contributed by atoms with E-state index in [9.17, 15) is 4.79 Å². The fraction of sp³-hybridized carbons (Fsp3) is 0.400. The summed E-state index contributed by atoms with van der Waals surface area (Å²) in [4.78, 5) is 11.9. The smallest absolute Gasteiger partial charge is 0.231 e. The molecule has 1 aliphatic rings. The number of carbonyl (C=O) groups is 1. The van der Waals surface area contributed by atoms with E-state index in [1.165, 1.54) is 0 Å². The van der Waals surface area contributed by atoms with E-state index in [1.807, 2.05) is 26.8 Å². The summed E-state index contributed by atoms with van der Waals surface area (Å²) >= 11 is 0. The zero-order valence-electron chi connectivity index (χ0n) is 11.6. The zero-order valence-corrected chi connectivity index (χ0v) is 11.6. The lowest BCUT2D eigenvalue weighted by Gasteiger charge is -2.13. The average molecular weight is 262 g/mol. The molecule has 102 valence electrons. The van der Waals surface area contributed by atoms with Crippen LogP contribution in [0.2, 0.25) is 0 Å². The summed E-state index contributed by atoms with van der Waals surface area (Å²) in [7, 11) is 1.58. The van der Waals surface area contributed by atoms with Crippen LogP contribution >= 0.6 is 0 Å². The molecule has 0 radical (unpaired) electrons. The van der Waals surface area contributed by atoms with Crippen molar-refractivity contribution in [2.75, 3.05) is 13.9 Å². The van der Waals surface area contributed by atoms with E-state index in [-0.39, 0.29) is 18.0 Å². The van der Waals surface area contributed by atoms with Gasteiger partial charge in [0.25, 0.3) is 0 Å². The topological polar surface area (TPSA) is 44.8 Å². The van der Waals surface area contributed by atoms with Crippen molar-refractivity contribution in [2.24, 2.45) is 5.41 Å². The Morgan fingerprint density at radius 1 is 1.26 bits per heavy atom. The first kappa shape index (κ1) is 13.5. The van der Waals surface area contributed by atoms with E-state index >= 15 is 0 Å². The van der Waals surface area contributed by atoms with Crippen LogP contribution in [-0.4, -0.2) is 19.7 Å². The van der Waals surface area contributed by atoms with Crippen LogP contribution in [0.15, 0.2) is 18.2 Å². The van der Waals surface area contributed by atoms with Gasteiger partial charge in [0.1, 0.15) is 5.75 Å². The van der Waals surface area contributed by atoms with Crippen LogP contribution in [0.3, 0.4) is 0 Å². The summed E-state index contributed by atoms with van der Waals surface area (Å²) in [5.74, 6) is 2.05. The Hall–Kier alpha value is -1.97. The second-order valence-corrected chi connectivity index (χ2v) is 5.40. The number of hydrogen-bond donors (Lipinski definition) is 0. The van der Waals surface area contributed by atoms with Gasteiger partial charge in [-0.3, -0.25) is 4.79 Å². The highest BCUT2D eigenvalue weighted by atomic mass is 16.7. The molecule has 4 heteroatoms. The normalized spacial score (nSPS) is 13.9. The van der Waals surface area contributed by atoms with E-state index < -0.39 is 0 Å². The number of ketones is 1. The number of rotatable bonds is 3. The third-order valence-corrected chi connectivity index (χ3v) is 2.88. The van der Waals surface area contributed by atoms with Crippen molar-refractivity contribution in [3.63, 3.8) is 0 Å². The molecular weight excluding hydrogens is 244 g/mol. The fourth-order valence-corrected chi connectivity index (χ4v) is 1.66. The lowest BCUT2D eigenvalue weighted by atomic mass is 9.90. The summed E-state index contributed by atoms with van der Waals surface area (Å²) in [5.41, 5.74) is 0.407. The number of allylic oxidation sites excluding steroid dienone is 1. The maximum absolute atomic E-state index is 11.9. The van der Waals surface area contributed by atoms with Gasteiger partial charge >= 0.3 is 0 Å². The minimum absolute atomic E-state index is 0.0622. The molecule has 0 fully saturated rings. The van der Waals surface area contributed by atoms with E-state index in [2.05, 4.69) is 0 Å². The molecule has 19 heavy (non-hydrogen) atoms. The minimum Gasteiger partial charge on any atom is -0.496 e. The quantitative estimate of drug-likeness (QED) is 0.785. The number of hydrogen-bond acceptors (Lipinski definition) is 4. The van der Waals surface area contributed by atoms with Crippen LogP contribution in [-0.2, 0) is 4.79 Å². The van der Waals surface area contributed by atoms with Crippen molar-refractivity contribution in [2.45, 2.75) is 20.8 Å². The van der Waals surface area contributed by atoms with Gasteiger partial charge in [0.05, 0.1) is 7.11 Å². The van der Waals surface area contributed by atoms with Crippen molar-refractivity contribution >= 4 is 11.9 Å². The molecule has 4 nitrogen and oxygen atoms in total. The number of carbonyl (C=O) groups excluding carboxylic acids is 1. The van der Waals surface area contributed by atoms with E-state index in [4.69, 9.17) is 14.2 Å². The second kappa shape index (κ2) is 4.96. The van der Waals surface area contributed by atoms with Gasteiger partial charge in [0, 0.05) is 17.0 Å². The van der Waals surface area contributed by atoms with Crippen LogP contribution in [0.1, 0.15) is 26.3 Å². The number of ether oxygens (including phenoxy) is 3. The number of benzene rings is 1. The molecule has 0 amide bonds. The highest BCUT2D eigenvalue weighted by Crippen LogP contribution is 2.38. The van der Waals surface area contributed by atoms with E-state index in [0.29, 0.717) is 17.2 Å². The van der Waals surface area contributed by atoms with Gasteiger partial charge in [-0.15, -0.1) is 0 Å². The molecule has 0 atom stereocenters. The molecule has 0 aliphatic carbocycles. The molecule has 1 heterocycles. The van der Waals surface area contributed by atoms with Gasteiger partial charge in [-0.25, -0.2) is 0 Å². The number of methoxy groups -OCH3 is 1. The monoisotopic (exact) mass is 262 g/mol. The molecule has 1 aromatic carbocycles. The summed E-state index contributed by atoms with van der Waals surface area (Å²) in [5, 5.41) is 0. The van der Waals surface area contributed by atoms with Gasteiger partial charge < -0.3 is 14.2 Å². The van der Waals surface area contributed by atoms with Gasteiger partial charge in [0.15, 0.2) is 17.3 Å². The van der Waals surface area contributed by atoms with Crippen molar-refractivity contribution in [3.8, 4) is 17.2 Å². The van der Waals surface area contributed by atoms with Crippen LogP contribution in [0.5, 0.6) is 17.2 Å². The molecule has 0 unspecified atom stereocenters. The van der Waals surface area contributed by atoms with E-state index in [1.54, 1.807) is 25.3 Å². The van der Waals surface area contributed by atoms with Crippen molar-refractivity contribution in [1.82, 2.24) is 0 Å². The zero-order chi connectivity index (χ0) is 14.0. The van der Waals surface area contributed by atoms with E-state index in [0.717, 1.165) is 5.56 Å². The van der Waals surface area contributed by atoms with Crippen molar-refractivity contribution in [1.29, 1.82) is 0 Å². The largest absolute Gasteiger partial charge is 0.496 e. The van der Waals surface area contributed by atoms with Crippen molar-refractivity contribution < 1.29 is 19.0 Å². The van der Waals surface area contributed by atoms with Gasteiger partial charge in [-0.2, -0.15) is 0 Å². The Morgan fingerprint density at radius 2 is 1.89 bits per heavy atom. The predicted molar refractivity (Wildman–Crippen MR) is 72.6 cm³/mol. The molecule has 2 rings (SSSR count). The molecular formula is C15H18O4. The third-order valence-electron chi connectivity index (χ3n) is 2.88. The first-order valence-corrected chi connectivity index (χ1v) is 6.12. The molecule has 0 saturated heterocycles. The summed E-state index contributed by atoms with van der Waals surface area (Å²) in [6.45, 7) is 5.87. The molecule has 1 aromatic rings. The first-order valence-electron chi connectivity index (χ1n) is 6.12. The maximum Gasteiger partial charge on any atom is 0.231 e. The minimum atomic E-state index is -0.389. The molecule has 0 saturated carbocycles. The molecule has 1 aliphatic heterocycles. The fourth-order valence-electron chi connectivity index (χ4n) is 1.66. The van der Waals surface area contributed by atoms with Gasteiger partial charge in [-0.05, 0) is 18.2 Å². The second-order valence-electron chi connectivity index (χ2n) is 5.40. The summed E-state index contributed by atoms with van der Waals surface area (Å²) in [6, 6.07) is 3.58. The maximum atomic E-state index is 11.9. The van der Waals surface area contributed by atoms with Crippen LogP contribution in [0, 0.1) is 5.41 Å². The standard InChI is InChI=1S/C15H18O4/c1-15(2,3)14(16)6-5-10-7-12-13(19-9-18-12)8-11(10)17-4/h5-8H,9H2,1-4H3. The number of fused-ring (bicyclic) bond motifs is 1. The van der Waals surface area contributed by atoms with Crippen LogP contribution < -0.4 is 14.2 Å². The third kappa shape index (κ3) is 2.89. The molecule has 0 N–H and O–H groups in total. The van der Waals surface area contributed by atoms with Crippen molar-refractivity contribution in [3.05, 3.63) is 23.8 Å². The Bertz CT molecular complexity index is 524. The van der Waals surface area contributed by atoms with Gasteiger partial charge in [0.2, 0.25) is 6.79 Å². The lowest BCUT2D eigenvalue weighted by Crippen LogP contribution is -2.17. The summed E-state index contributed by atoms with van der Waals surface area (Å²) < 4.78 is 15.9. The SMILES string of the molecule is COc1cc2c(cc1C=CC(=O)C(C)(C)C)OCO2. The first-order chi connectivity index (χ1) is 8.91. The Balaban J connectivity index is 2.30. The average Bonchev–Trinajstić information content (AvgIpc) is 2.80. The molecule has 0 aromatic heterocycles. The summed E-state index contributed by atoms with van der Waals surface area (Å²) in [6.07, 6.45) is 3.31. The highest BCUT2D eigenvalue weighted by Gasteiger charge is 2.19. The highest BCUT2D eigenvalue weighted by molar-refractivity contribution is 5.97. The predicted octanol–water partition coefficient (Wildman–Crippen LogP) is 3.05. The Labute approximate surface area is 113 Å².